The summed E-state index contributed by atoms with van der Waals surface area (Å²) >= 11 is 0. The van der Waals surface area contributed by atoms with Gasteiger partial charge in [0.05, 0.1) is 18.0 Å². The second-order valence-electron chi connectivity index (χ2n) is 3.09. The molecule has 2 N–H and O–H groups in total. The molecule has 14 heavy (non-hydrogen) atoms. The minimum Gasteiger partial charge on any atom is -0.395 e. The van der Waals surface area contributed by atoms with Crippen LogP contribution in [0, 0.1) is 5.82 Å². The van der Waals surface area contributed by atoms with Crippen LogP contribution in [0.2, 0.25) is 0 Å². The molecule has 0 unspecified atom stereocenters. The molecule has 4 heteroatoms. The SMILES string of the molecule is COCCN(C)c1cccc(F)c1N. The van der Waals surface area contributed by atoms with Gasteiger partial charge in [-0.2, -0.15) is 0 Å². The number of para-hydroxylation sites is 1. The summed E-state index contributed by atoms with van der Waals surface area (Å²) in [4.78, 5) is 1.86. The highest BCUT2D eigenvalue weighted by molar-refractivity contribution is 5.67. The van der Waals surface area contributed by atoms with Crippen molar-refractivity contribution < 1.29 is 9.13 Å². The molecule has 0 aromatic heterocycles. The molecule has 0 aliphatic heterocycles. The normalized spacial score (nSPS) is 10.2. The third-order valence-electron chi connectivity index (χ3n) is 2.07. The van der Waals surface area contributed by atoms with E-state index in [1.807, 2.05) is 11.9 Å². The molecule has 0 heterocycles. The number of nitrogens with two attached hydrogens (primary N) is 1. The number of halogens is 1. The van der Waals surface area contributed by atoms with E-state index in [1.165, 1.54) is 6.07 Å². The average molecular weight is 198 g/mol. The number of benzene rings is 1. The van der Waals surface area contributed by atoms with Crippen LogP contribution < -0.4 is 10.6 Å². The second-order valence-corrected chi connectivity index (χ2v) is 3.09. The molecule has 0 amide bonds. The number of hydrogen-bond donors (Lipinski definition) is 1. The topological polar surface area (TPSA) is 38.5 Å². The predicted octanol–water partition coefficient (Wildman–Crippen LogP) is 1.49. The van der Waals surface area contributed by atoms with Crippen molar-refractivity contribution in [1.29, 1.82) is 0 Å². The molecule has 0 fully saturated rings. The summed E-state index contributed by atoms with van der Waals surface area (Å²) < 4.78 is 18.0. The molecule has 1 aromatic carbocycles. The van der Waals surface area contributed by atoms with Crippen LogP contribution in [-0.4, -0.2) is 27.3 Å². The van der Waals surface area contributed by atoms with Crippen LogP contribution in [-0.2, 0) is 4.74 Å². The molecule has 0 saturated heterocycles. The van der Waals surface area contributed by atoms with Gasteiger partial charge in [-0.1, -0.05) is 6.07 Å². The molecule has 0 bridgehead atoms. The van der Waals surface area contributed by atoms with Crippen LogP contribution >= 0.6 is 0 Å². The summed E-state index contributed by atoms with van der Waals surface area (Å²) in [6.07, 6.45) is 0. The van der Waals surface area contributed by atoms with Crippen LogP contribution in [0.1, 0.15) is 0 Å². The molecule has 0 atom stereocenters. The lowest BCUT2D eigenvalue weighted by molar-refractivity contribution is 0.206. The van der Waals surface area contributed by atoms with Crippen molar-refractivity contribution in [1.82, 2.24) is 0 Å². The Bertz CT molecular complexity index is 304. The molecule has 0 radical (unpaired) electrons. The number of rotatable bonds is 4. The standard InChI is InChI=1S/C10H15FN2O/c1-13(6-7-14-2)9-5-3-4-8(11)10(9)12/h3-5H,6-7,12H2,1-2H3. The molecular weight excluding hydrogens is 183 g/mol. The van der Waals surface area contributed by atoms with Crippen molar-refractivity contribution in [2.24, 2.45) is 0 Å². The minimum absolute atomic E-state index is 0.186. The number of anilines is 2. The summed E-state index contributed by atoms with van der Waals surface area (Å²) in [7, 11) is 3.48. The Morgan fingerprint density at radius 3 is 2.86 bits per heavy atom. The highest BCUT2D eigenvalue weighted by atomic mass is 19.1. The van der Waals surface area contributed by atoms with Crippen LogP contribution in [0.15, 0.2) is 18.2 Å². The molecule has 78 valence electrons. The van der Waals surface area contributed by atoms with Gasteiger partial charge in [0.1, 0.15) is 5.82 Å². The number of likely N-dealkylation sites (N-methyl/N-ethyl adjacent to an activating group) is 1. The van der Waals surface area contributed by atoms with Gasteiger partial charge in [0.15, 0.2) is 0 Å². The molecular formula is C10H15FN2O. The molecule has 0 aliphatic rings. The van der Waals surface area contributed by atoms with E-state index in [0.29, 0.717) is 18.8 Å². The van der Waals surface area contributed by atoms with Crippen molar-refractivity contribution in [3.63, 3.8) is 0 Å². The fourth-order valence-electron chi connectivity index (χ4n) is 1.21. The molecule has 1 aromatic rings. The number of hydrogen-bond acceptors (Lipinski definition) is 3. The van der Waals surface area contributed by atoms with Crippen LogP contribution in [0.4, 0.5) is 15.8 Å². The van der Waals surface area contributed by atoms with E-state index in [4.69, 9.17) is 10.5 Å². The number of ether oxygens (including phenoxy) is 1. The lowest BCUT2D eigenvalue weighted by Gasteiger charge is -2.20. The lowest BCUT2D eigenvalue weighted by Crippen LogP contribution is -2.23. The Morgan fingerprint density at radius 2 is 2.21 bits per heavy atom. The maximum atomic E-state index is 13.1. The van der Waals surface area contributed by atoms with Crippen molar-refractivity contribution >= 4 is 11.4 Å². The van der Waals surface area contributed by atoms with E-state index in [0.717, 1.165) is 0 Å². The second kappa shape index (κ2) is 4.81. The van der Waals surface area contributed by atoms with E-state index >= 15 is 0 Å². The molecule has 0 aliphatic carbocycles. The van der Waals surface area contributed by atoms with E-state index in [-0.39, 0.29) is 11.5 Å². The van der Waals surface area contributed by atoms with Gasteiger partial charge < -0.3 is 15.4 Å². The largest absolute Gasteiger partial charge is 0.395 e. The summed E-state index contributed by atoms with van der Waals surface area (Å²) in [5.41, 5.74) is 6.48. The van der Waals surface area contributed by atoms with Gasteiger partial charge in [-0.15, -0.1) is 0 Å². The monoisotopic (exact) mass is 198 g/mol. The molecule has 1 rings (SSSR count). The Balaban J connectivity index is 2.79. The first-order valence-corrected chi connectivity index (χ1v) is 4.41. The third kappa shape index (κ3) is 2.35. The quantitative estimate of drug-likeness (QED) is 0.745. The molecule has 0 saturated carbocycles. The van der Waals surface area contributed by atoms with Gasteiger partial charge >= 0.3 is 0 Å². The fraction of sp³-hybridized carbons (Fsp3) is 0.400. The van der Waals surface area contributed by atoms with Crippen LogP contribution in [0.25, 0.3) is 0 Å². The van der Waals surface area contributed by atoms with E-state index in [2.05, 4.69) is 0 Å². The summed E-state index contributed by atoms with van der Waals surface area (Å²) in [6.45, 7) is 1.27. The summed E-state index contributed by atoms with van der Waals surface area (Å²) in [6, 6.07) is 4.78. The van der Waals surface area contributed by atoms with E-state index in [9.17, 15) is 4.39 Å². The van der Waals surface area contributed by atoms with Gasteiger partial charge in [0, 0.05) is 20.7 Å². The van der Waals surface area contributed by atoms with Gasteiger partial charge in [-0.25, -0.2) is 4.39 Å². The first-order valence-electron chi connectivity index (χ1n) is 4.41. The van der Waals surface area contributed by atoms with Crippen LogP contribution in [0.5, 0.6) is 0 Å². The number of nitrogens with zero attached hydrogens (tertiary/aromatic N) is 1. The average Bonchev–Trinajstić information content (AvgIpc) is 2.18. The van der Waals surface area contributed by atoms with Crippen molar-refractivity contribution in [2.75, 3.05) is 37.9 Å². The highest BCUT2D eigenvalue weighted by Crippen LogP contribution is 2.24. The van der Waals surface area contributed by atoms with Crippen molar-refractivity contribution in [3.05, 3.63) is 24.0 Å². The Kier molecular flexibility index (Phi) is 3.71. The van der Waals surface area contributed by atoms with E-state index < -0.39 is 0 Å². The summed E-state index contributed by atoms with van der Waals surface area (Å²) in [5.74, 6) is -0.383. The predicted molar refractivity (Wildman–Crippen MR) is 56.0 cm³/mol. The first-order chi connectivity index (χ1) is 6.66. The Labute approximate surface area is 83.3 Å². The van der Waals surface area contributed by atoms with Crippen LogP contribution in [0.3, 0.4) is 0 Å². The lowest BCUT2D eigenvalue weighted by atomic mass is 10.2. The van der Waals surface area contributed by atoms with Crippen molar-refractivity contribution in [3.8, 4) is 0 Å². The fourth-order valence-corrected chi connectivity index (χ4v) is 1.21. The van der Waals surface area contributed by atoms with Gasteiger partial charge in [0.25, 0.3) is 0 Å². The maximum Gasteiger partial charge on any atom is 0.148 e. The molecule has 0 spiro atoms. The Hall–Kier alpha value is -1.29. The smallest absolute Gasteiger partial charge is 0.148 e. The van der Waals surface area contributed by atoms with E-state index in [1.54, 1.807) is 19.2 Å². The third-order valence-corrected chi connectivity index (χ3v) is 2.07. The van der Waals surface area contributed by atoms with Gasteiger partial charge in [-0.05, 0) is 12.1 Å². The highest BCUT2D eigenvalue weighted by Gasteiger charge is 2.07. The summed E-state index contributed by atoms with van der Waals surface area (Å²) in [5, 5.41) is 0. The minimum atomic E-state index is -0.383. The first kappa shape index (κ1) is 10.8. The molecule has 3 nitrogen and oxygen atoms in total. The zero-order chi connectivity index (χ0) is 10.6. The van der Waals surface area contributed by atoms with Gasteiger partial charge in [0.2, 0.25) is 0 Å². The zero-order valence-corrected chi connectivity index (χ0v) is 8.46. The van der Waals surface area contributed by atoms with Crippen molar-refractivity contribution in [2.45, 2.75) is 0 Å². The van der Waals surface area contributed by atoms with Gasteiger partial charge in [-0.3, -0.25) is 0 Å². The maximum absolute atomic E-state index is 13.1. The number of nitrogen functional groups attached to an aromatic ring is 1. The Morgan fingerprint density at radius 1 is 1.50 bits per heavy atom. The number of methoxy groups -OCH3 is 1. The zero-order valence-electron chi connectivity index (χ0n) is 8.46.